The van der Waals surface area contributed by atoms with Crippen LogP contribution in [-0.4, -0.2) is 36.1 Å². The molecule has 5 heteroatoms. The molecular formula is C17H26N2O3. The SMILES string of the molecule is Cc1cc(C)cc(C(=O)NCC(=O)NCC(O)C(C)(C)C)c1. The molecule has 1 aromatic rings. The zero-order chi connectivity index (χ0) is 16.9. The Hall–Kier alpha value is -1.88. The maximum atomic E-state index is 12.0. The van der Waals surface area contributed by atoms with Crippen LogP contribution >= 0.6 is 0 Å². The highest BCUT2D eigenvalue weighted by Gasteiger charge is 2.22. The maximum Gasteiger partial charge on any atom is 0.251 e. The van der Waals surface area contributed by atoms with Crippen LogP contribution in [0.2, 0.25) is 0 Å². The summed E-state index contributed by atoms with van der Waals surface area (Å²) in [5, 5.41) is 15.0. The summed E-state index contributed by atoms with van der Waals surface area (Å²) in [6.07, 6.45) is -0.633. The number of aliphatic hydroxyl groups excluding tert-OH is 1. The van der Waals surface area contributed by atoms with Crippen LogP contribution in [0.3, 0.4) is 0 Å². The van der Waals surface area contributed by atoms with E-state index in [-0.39, 0.29) is 30.3 Å². The minimum Gasteiger partial charge on any atom is -0.391 e. The number of carbonyl (C=O) groups excluding carboxylic acids is 2. The topological polar surface area (TPSA) is 78.4 Å². The number of aryl methyl sites for hydroxylation is 2. The number of carbonyl (C=O) groups is 2. The second-order valence-electron chi connectivity index (χ2n) is 6.74. The van der Waals surface area contributed by atoms with Gasteiger partial charge in [0, 0.05) is 12.1 Å². The highest BCUT2D eigenvalue weighted by Crippen LogP contribution is 2.17. The van der Waals surface area contributed by atoms with Gasteiger partial charge >= 0.3 is 0 Å². The van der Waals surface area contributed by atoms with E-state index in [1.165, 1.54) is 0 Å². The van der Waals surface area contributed by atoms with Gasteiger partial charge in [0.05, 0.1) is 12.6 Å². The first kappa shape index (κ1) is 18.2. The average molecular weight is 306 g/mol. The molecule has 0 bridgehead atoms. The Morgan fingerprint density at radius 3 is 2.14 bits per heavy atom. The summed E-state index contributed by atoms with van der Waals surface area (Å²) >= 11 is 0. The van der Waals surface area contributed by atoms with E-state index in [0.717, 1.165) is 11.1 Å². The van der Waals surface area contributed by atoms with Crippen molar-refractivity contribution >= 4 is 11.8 Å². The minimum absolute atomic E-state index is 0.108. The lowest BCUT2D eigenvalue weighted by molar-refractivity contribution is -0.120. The fourth-order valence-electron chi connectivity index (χ4n) is 1.95. The minimum atomic E-state index is -0.633. The molecule has 0 spiro atoms. The number of aliphatic hydroxyl groups is 1. The van der Waals surface area contributed by atoms with E-state index in [9.17, 15) is 14.7 Å². The van der Waals surface area contributed by atoms with Crippen LogP contribution in [0.1, 0.15) is 42.3 Å². The third-order valence-corrected chi connectivity index (χ3v) is 3.39. The molecule has 2 amide bonds. The van der Waals surface area contributed by atoms with Crippen molar-refractivity contribution in [2.45, 2.75) is 40.7 Å². The summed E-state index contributed by atoms with van der Waals surface area (Å²) in [6.45, 7) is 9.59. The summed E-state index contributed by atoms with van der Waals surface area (Å²) < 4.78 is 0. The van der Waals surface area contributed by atoms with E-state index < -0.39 is 6.10 Å². The van der Waals surface area contributed by atoms with Gasteiger partial charge in [-0.1, -0.05) is 38.0 Å². The first-order valence-corrected chi connectivity index (χ1v) is 7.41. The average Bonchev–Trinajstić information content (AvgIpc) is 2.39. The first-order chi connectivity index (χ1) is 10.1. The first-order valence-electron chi connectivity index (χ1n) is 7.41. The van der Waals surface area contributed by atoms with Gasteiger partial charge in [0.1, 0.15) is 0 Å². The van der Waals surface area contributed by atoms with Crippen LogP contribution < -0.4 is 10.6 Å². The lowest BCUT2D eigenvalue weighted by atomic mass is 9.89. The van der Waals surface area contributed by atoms with Crippen LogP contribution in [0, 0.1) is 19.3 Å². The number of hydrogen-bond donors (Lipinski definition) is 3. The monoisotopic (exact) mass is 306 g/mol. The van der Waals surface area contributed by atoms with Gasteiger partial charge < -0.3 is 15.7 Å². The van der Waals surface area contributed by atoms with Crippen LogP contribution in [0.4, 0.5) is 0 Å². The summed E-state index contributed by atoms with van der Waals surface area (Å²) in [4.78, 5) is 23.7. The second kappa shape index (κ2) is 7.40. The molecule has 0 saturated heterocycles. The third-order valence-electron chi connectivity index (χ3n) is 3.39. The highest BCUT2D eigenvalue weighted by molar-refractivity contribution is 5.96. The van der Waals surface area contributed by atoms with E-state index in [1.54, 1.807) is 12.1 Å². The molecule has 0 saturated carbocycles. The van der Waals surface area contributed by atoms with Crippen molar-refractivity contribution in [1.82, 2.24) is 10.6 Å². The lowest BCUT2D eigenvalue weighted by Gasteiger charge is -2.25. The maximum absolute atomic E-state index is 12.0. The molecule has 0 aliphatic carbocycles. The molecule has 0 aromatic heterocycles. The van der Waals surface area contributed by atoms with Crippen molar-refractivity contribution in [2.24, 2.45) is 5.41 Å². The van der Waals surface area contributed by atoms with Gasteiger partial charge in [-0.05, 0) is 31.4 Å². The molecule has 1 atom stereocenters. The van der Waals surface area contributed by atoms with Crippen LogP contribution in [0.25, 0.3) is 0 Å². The van der Waals surface area contributed by atoms with E-state index in [4.69, 9.17) is 0 Å². The second-order valence-corrected chi connectivity index (χ2v) is 6.74. The van der Waals surface area contributed by atoms with Gasteiger partial charge in [-0.25, -0.2) is 0 Å². The standard InChI is InChI=1S/C17H26N2O3/c1-11-6-12(2)8-13(7-11)16(22)19-10-15(21)18-9-14(20)17(3,4)5/h6-8,14,20H,9-10H2,1-5H3,(H,18,21)(H,19,22). The smallest absolute Gasteiger partial charge is 0.251 e. The molecule has 1 rings (SSSR count). The summed E-state index contributed by atoms with van der Waals surface area (Å²) in [6, 6.07) is 5.55. The molecule has 0 aliphatic heterocycles. The van der Waals surface area contributed by atoms with Crippen LogP contribution in [0.15, 0.2) is 18.2 Å². The molecular weight excluding hydrogens is 280 g/mol. The molecule has 5 nitrogen and oxygen atoms in total. The predicted molar refractivity (Wildman–Crippen MR) is 86.7 cm³/mol. The molecule has 122 valence electrons. The Morgan fingerprint density at radius 2 is 1.64 bits per heavy atom. The Balaban J connectivity index is 2.45. The molecule has 0 aliphatic rings. The van der Waals surface area contributed by atoms with E-state index in [1.807, 2.05) is 40.7 Å². The van der Waals surface area contributed by atoms with E-state index in [0.29, 0.717) is 5.56 Å². The summed E-state index contributed by atoms with van der Waals surface area (Å²) in [5.41, 5.74) is 2.25. The molecule has 3 N–H and O–H groups in total. The third kappa shape index (κ3) is 5.85. The zero-order valence-electron chi connectivity index (χ0n) is 14.0. The number of hydrogen-bond acceptors (Lipinski definition) is 3. The molecule has 0 radical (unpaired) electrons. The van der Waals surface area contributed by atoms with Crippen LogP contribution in [0.5, 0.6) is 0 Å². The zero-order valence-corrected chi connectivity index (χ0v) is 14.0. The molecule has 1 unspecified atom stereocenters. The van der Waals surface area contributed by atoms with E-state index >= 15 is 0 Å². The van der Waals surface area contributed by atoms with Gasteiger partial charge in [-0.2, -0.15) is 0 Å². The van der Waals surface area contributed by atoms with E-state index in [2.05, 4.69) is 10.6 Å². The van der Waals surface area contributed by atoms with Crippen molar-refractivity contribution in [1.29, 1.82) is 0 Å². The molecule has 0 fully saturated rings. The van der Waals surface area contributed by atoms with Gasteiger partial charge in [0.15, 0.2) is 0 Å². The van der Waals surface area contributed by atoms with Gasteiger partial charge in [0.2, 0.25) is 5.91 Å². The molecule has 0 heterocycles. The van der Waals surface area contributed by atoms with Crippen molar-refractivity contribution in [3.05, 3.63) is 34.9 Å². The predicted octanol–water partition coefficient (Wildman–Crippen LogP) is 1.56. The van der Waals surface area contributed by atoms with Gasteiger partial charge in [-0.15, -0.1) is 0 Å². The fourth-order valence-corrected chi connectivity index (χ4v) is 1.95. The van der Waals surface area contributed by atoms with Crippen molar-refractivity contribution in [3.63, 3.8) is 0 Å². The quantitative estimate of drug-likeness (QED) is 0.772. The Labute approximate surface area is 132 Å². The lowest BCUT2D eigenvalue weighted by Crippen LogP contribution is -2.43. The van der Waals surface area contributed by atoms with Crippen LogP contribution in [-0.2, 0) is 4.79 Å². The van der Waals surface area contributed by atoms with Crippen molar-refractivity contribution in [2.75, 3.05) is 13.1 Å². The Bertz CT molecular complexity index is 527. The fraction of sp³-hybridized carbons (Fsp3) is 0.529. The van der Waals surface area contributed by atoms with Gasteiger partial charge in [0.25, 0.3) is 5.91 Å². The normalized spacial score (nSPS) is 12.6. The summed E-state index contributed by atoms with van der Waals surface area (Å²) in [5.74, 6) is -0.598. The molecule has 1 aromatic carbocycles. The number of rotatable bonds is 5. The van der Waals surface area contributed by atoms with Crippen molar-refractivity contribution < 1.29 is 14.7 Å². The number of amides is 2. The van der Waals surface area contributed by atoms with Gasteiger partial charge in [-0.3, -0.25) is 9.59 Å². The Kier molecular flexibility index (Phi) is 6.11. The number of nitrogens with one attached hydrogen (secondary N) is 2. The highest BCUT2D eigenvalue weighted by atomic mass is 16.3. The summed E-state index contributed by atoms with van der Waals surface area (Å²) in [7, 11) is 0. The Morgan fingerprint density at radius 1 is 1.09 bits per heavy atom. The largest absolute Gasteiger partial charge is 0.391 e. The van der Waals surface area contributed by atoms with Crippen molar-refractivity contribution in [3.8, 4) is 0 Å². The molecule has 22 heavy (non-hydrogen) atoms. The number of benzene rings is 1.